The molecule has 22 heavy (non-hydrogen) atoms. The molecule has 0 saturated carbocycles. The van der Waals surface area contributed by atoms with Crippen LogP contribution >= 0.6 is 11.6 Å². The molecule has 2 amide bonds. The van der Waals surface area contributed by atoms with Crippen molar-refractivity contribution in [2.45, 2.75) is 0 Å². The van der Waals surface area contributed by atoms with Crippen molar-refractivity contribution in [2.24, 2.45) is 0 Å². The van der Waals surface area contributed by atoms with E-state index in [4.69, 9.17) is 11.6 Å². The zero-order valence-corrected chi connectivity index (χ0v) is 12.0. The number of carbonyl (C=O) groups excluding carboxylic acids is 2. The van der Waals surface area contributed by atoms with Crippen LogP contribution in [-0.4, -0.2) is 11.8 Å². The summed E-state index contributed by atoms with van der Waals surface area (Å²) in [5.74, 6) is -1.37. The molecule has 1 aliphatic rings. The van der Waals surface area contributed by atoms with E-state index in [1.807, 2.05) is 0 Å². The molecule has 2 aromatic rings. The Bertz CT molecular complexity index is 770. The average Bonchev–Trinajstić information content (AvgIpc) is 2.78. The molecule has 0 aromatic heterocycles. The van der Waals surface area contributed by atoms with Crippen molar-refractivity contribution in [3.05, 3.63) is 70.5 Å². The number of anilines is 1. The van der Waals surface area contributed by atoms with Crippen molar-refractivity contribution < 1.29 is 14.0 Å². The number of hydrazine groups is 1. The van der Waals surface area contributed by atoms with Crippen LogP contribution in [0.25, 0.3) is 6.08 Å². The van der Waals surface area contributed by atoms with Gasteiger partial charge in [-0.2, -0.15) is 0 Å². The smallest absolute Gasteiger partial charge is 0.267 e. The lowest BCUT2D eigenvalue weighted by Crippen LogP contribution is -2.35. The van der Waals surface area contributed by atoms with Crippen LogP contribution < -0.4 is 10.4 Å². The van der Waals surface area contributed by atoms with E-state index in [-0.39, 0.29) is 11.4 Å². The minimum Gasteiger partial charge on any atom is -0.267 e. The monoisotopic (exact) mass is 316 g/mol. The van der Waals surface area contributed by atoms with Crippen LogP contribution in [0.15, 0.2) is 54.1 Å². The SMILES string of the molecule is O=C1NN(c2ccc(Cl)cc2)C(=O)C1=Cc1ccc(F)cc1. The standard InChI is InChI=1S/C16H10ClFN2O2/c17-11-3-7-13(8-4-11)20-16(22)14(15(21)19-20)9-10-1-5-12(18)6-2-10/h1-9H,(H,19,21). The summed E-state index contributed by atoms with van der Waals surface area (Å²) in [6, 6.07) is 12.0. The van der Waals surface area contributed by atoms with E-state index in [2.05, 4.69) is 5.43 Å². The summed E-state index contributed by atoms with van der Waals surface area (Å²) in [5, 5.41) is 1.68. The third-order valence-electron chi connectivity index (χ3n) is 3.16. The van der Waals surface area contributed by atoms with E-state index in [1.165, 1.54) is 30.3 Å². The van der Waals surface area contributed by atoms with Gasteiger partial charge in [-0.25, -0.2) is 9.40 Å². The molecule has 3 rings (SSSR count). The lowest BCUT2D eigenvalue weighted by Gasteiger charge is -2.14. The second kappa shape index (κ2) is 5.61. The second-order valence-corrected chi connectivity index (χ2v) is 5.10. The molecule has 2 aromatic carbocycles. The van der Waals surface area contributed by atoms with Crippen LogP contribution in [0, 0.1) is 5.82 Å². The largest absolute Gasteiger partial charge is 0.282 e. The third-order valence-corrected chi connectivity index (χ3v) is 3.41. The van der Waals surface area contributed by atoms with Crippen molar-refractivity contribution >= 4 is 35.2 Å². The van der Waals surface area contributed by atoms with Gasteiger partial charge in [0.05, 0.1) is 5.69 Å². The lowest BCUT2D eigenvalue weighted by molar-refractivity contribution is -0.117. The summed E-state index contributed by atoms with van der Waals surface area (Å²) >= 11 is 5.80. The first-order chi connectivity index (χ1) is 10.5. The van der Waals surface area contributed by atoms with E-state index in [0.29, 0.717) is 16.3 Å². The van der Waals surface area contributed by atoms with Gasteiger partial charge in [0.15, 0.2) is 0 Å². The fourth-order valence-electron chi connectivity index (χ4n) is 2.06. The van der Waals surface area contributed by atoms with Crippen molar-refractivity contribution in [2.75, 3.05) is 5.01 Å². The predicted molar refractivity (Wildman–Crippen MR) is 81.5 cm³/mol. The van der Waals surface area contributed by atoms with Gasteiger partial charge in [-0.1, -0.05) is 23.7 Å². The zero-order valence-electron chi connectivity index (χ0n) is 11.2. The van der Waals surface area contributed by atoms with Crippen molar-refractivity contribution in [3.63, 3.8) is 0 Å². The number of benzene rings is 2. The first-order valence-corrected chi connectivity index (χ1v) is 6.81. The molecule has 110 valence electrons. The summed E-state index contributed by atoms with van der Waals surface area (Å²) in [5.41, 5.74) is 3.54. The minimum atomic E-state index is -0.510. The van der Waals surface area contributed by atoms with Crippen LogP contribution in [0.3, 0.4) is 0 Å². The molecule has 0 bridgehead atoms. The maximum absolute atomic E-state index is 12.9. The molecule has 1 aliphatic heterocycles. The number of nitrogens with zero attached hydrogens (tertiary/aromatic N) is 1. The Hall–Kier alpha value is -2.66. The number of hydrogen-bond donors (Lipinski definition) is 1. The normalized spacial score (nSPS) is 16.3. The summed E-state index contributed by atoms with van der Waals surface area (Å²) in [6.07, 6.45) is 1.42. The van der Waals surface area contributed by atoms with Gasteiger partial charge in [0.2, 0.25) is 0 Å². The van der Waals surface area contributed by atoms with E-state index in [0.717, 1.165) is 5.01 Å². The Labute approximate surface area is 130 Å². The number of hydrogen-bond acceptors (Lipinski definition) is 2. The Balaban J connectivity index is 1.91. The number of carbonyl (C=O) groups is 2. The molecule has 0 spiro atoms. The Morgan fingerprint density at radius 3 is 2.27 bits per heavy atom. The maximum Gasteiger partial charge on any atom is 0.282 e. The zero-order chi connectivity index (χ0) is 15.7. The van der Waals surface area contributed by atoms with Crippen molar-refractivity contribution in [3.8, 4) is 0 Å². The van der Waals surface area contributed by atoms with Gasteiger partial charge >= 0.3 is 0 Å². The molecule has 4 nitrogen and oxygen atoms in total. The van der Waals surface area contributed by atoms with Crippen molar-refractivity contribution in [1.29, 1.82) is 0 Å². The van der Waals surface area contributed by atoms with Gasteiger partial charge in [-0.3, -0.25) is 15.0 Å². The van der Waals surface area contributed by atoms with Crippen LogP contribution in [0.4, 0.5) is 10.1 Å². The van der Waals surface area contributed by atoms with E-state index in [1.54, 1.807) is 24.3 Å². The molecule has 1 N–H and O–H groups in total. The molecular formula is C16H10ClFN2O2. The number of rotatable bonds is 2. The van der Waals surface area contributed by atoms with Gasteiger partial charge in [0, 0.05) is 5.02 Å². The summed E-state index contributed by atoms with van der Waals surface area (Å²) in [4.78, 5) is 24.3. The van der Waals surface area contributed by atoms with E-state index >= 15 is 0 Å². The number of amides is 2. The fraction of sp³-hybridized carbons (Fsp3) is 0. The van der Waals surface area contributed by atoms with Gasteiger partial charge in [0.1, 0.15) is 11.4 Å². The molecule has 0 atom stereocenters. The predicted octanol–water partition coefficient (Wildman–Crippen LogP) is 2.94. The molecule has 6 heteroatoms. The molecule has 0 radical (unpaired) electrons. The molecular weight excluding hydrogens is 307 g/mol. The average molecular weight is 317 g/mol. The summed E-state index contributed by atoms with van der Waals surface area (Å²) in [6.45, 7) is 0. The minimum absolute atomic E-state index is 0.0124. The summed E-state index contributed by atoms with van der Waals surface area (Å²) < 4.78 is 12.9. The highest BCUT2D eigenvalue weighted by Crippen LogP contribution is 2.23. The van der Waals surface area contributed by atoms with Gasteiger partial charge in [-0.05, 0) is 48.0 Å². The van der Waals surface area contributed by atoms with Gasteiger partial charge in [-0.15, -0.1) is 0 Å². The first kappa shape index (κ1) is 14.3. The van der Waals surface area contributed by atoms with Crippen LogP contribution in [-0.2, 0) is 9.59 Å². The highest BCUT2D eigenvalue weighted by atomic mass is 35.5. The number of halogens is 2. The topological polar surface area (TPSA) is 49.4 Å². The lowest BCUT2D eigenvalue weighted by atomic mass is 10.1. The Morgan fingerprint density at radius 1 is 1.00 bits per heavy atom. The van der Waals surface area contributed by atoms with Crippen LogP contribution in [0.2, 0.25) is 5.02 Å². The van der Waals surface area contributed by atoms with Crippen LogP contribution in [0.1, 0.15) is 5.56 Å². The Kier molecular flexibility index (Phi) is 3.65. The third kappa shape index (κ3) is 2.71. The van der Waals surface area contributed by atoms with Crippen LogP contribution in [0.5, 0.6) is 0 Å². The van der Waals surface area contributed by atoms with Gasteiger partial charge < -0.3 is 0 Å². The fourth-order valence-corrected chi connectivity index (χ4v) is 2.18. The molecule has 0 unspecified atom stereocenters. The molecule has 1 saturated heterocycles. The first-order valence-electron chi connectivity index (χ1n) is 6.43. The number of nitrogens with one attached hydrogen (secondary N) is 1. The Morgan fingerprint density at radius 2 is 1.64 bits per heavy atom. The summed E-state index contributed by atoms with van der Waals surface area (Å²) in [7, 11) is 0. The van der Waals surface area contributed by atoms with E-state index < -0.39 is 11.8 Å². The van der Waals surface area contributed by atoms with E-state index in [9.17, 15) is 14.0 Å². The molecule has 0 aliphatic carbocycles. The van der Waals surface area contributed by atoms with Gasteiger partial charge in [0.25, 0.3) is 11.8 Å². The highest BCUT2D eigenvalue weighted by Gasteiger charge is 2.34. The highest BCUT2D eigenvalue weighted by molar-refractivity contribution is 6.32. The quantitative estimate of drug-likeness (QED) is 0.684. The maximum atomic E-state index is 12.9. The molecule has 1 fully saturated rings. The second-order valence-electron chi connectivity index (χ2n) is 4.67. The molecule has 1 heterocycles. The van der Waals surface area contributed by atoms with Crippen molar-refractivity contribution in [1.82, 2.24) is 5.43 Å².